The van der Waals surface area contributed by atoms with E-state index in [9.17, 15) is 41.5 Å². The quantitative estimate of drug-likeness (QED) is 0.377. The summed E-state index contributed by atoms with van der Waals surface area (Å²) >= 11 is 0. The molecule has 39 heavy (non-hydrogen) atoms. The van der Waals surface area contributed by atoms with Gasteiger partial charge >= 0.3 is 18.2 Å². The molecule has 0 saturated carbocycles. The molecule has 2 aromatic rings. The lowest BCUT2D eigenvalue weighted by Gasteiger charge is -2.32. The smallest absolute Gasteiger partial charge is 0.341 e. The summed E-state index contributed by atoms with van der Waals surface area (Å²) in [5.74, 6) is -3.29. The fraction of sp³-hybridized carbons (Fsp3) is 0.320. The molecule has 0 bridgehead atoms. The Morgan fingerprint density at radius 3 is 2.41 bits per heavy atom. The van der Waals surface area contributed by atoms with Crippen LogP contribution in [0.3, 0.4) is 0 Å². The predicted octanol–water partition coefficient (Wildman–Crippen LogP) is 2.89. The number of anilines is 1. The Bertz CT molecular complexity index is 1360. The standard InChI is InChI=1S/C25H23F4N5O5/c1-13(25(27,28)29)33(11-14-3-5-15(26)6-4-14)20(36)12-34-21(37)24(32-23(34)39)10-19(35)17-9-16(7-8-18(17)24)31-22(38)30-2/h3-9,13H,10-12H2,1-2H3,(H,32,39)(H2,30,31,38). The molecule has 1 saturated heterocycles. The number of nitrogens with one attached hydrogen (secondary N) is 3. The molecule has 206 valence electrons. The summed E-state index contributed by atoms with van der Waals surface area (Å²) in [5.41, 5.74) is -1.19. The van der Waals surface area contributed by atoms with Gasteiger partial charge < -0.3 is 20.9 Å². The summed E-state index contributed by atoms with van der Waals surface area (Å²) in [6.45, 7) is -0.823. The largest absolute Gasteiger partial charge is 0.408 e. The number of Topliss-reactive ketones (excluding diaryl/α,β-unsaturated/α-hetero) is 1. The van der Waals surface area contributed by atoms with Gasteiger partial charge in [-0.3, -0.25) is 19.3 Å². The van der Waals surface area contributed by atoms with Crippen molar-refractivity contribution in [3.63, 3.8) is 0 Å². The lowest BCUT2D eigenvalue weighted by atomic mass is 9.91. The molecule has 1 aliphatic heterocycles. The van der Waals surface area contributed by atoms with Crippen molar-refractivity contribution in [2.75, 3.05) is 18.9 Å². The van der Waals surface area contributed by atoms with Gasteiger partial charge in [-0.15, -0.1) is 0 Å². The Morgan fingerprint density at radius 1 is 1.13 bits per heavy atom. The van der Waals surface area contributed by atoms with Crippen LogP contribution < -0.4 is 16.0 Å². The number of benzene rings is 2. The van der Waals surface area contributed by atoms with Gasteiger partial charge in [0.25, 0.3) is 5.91 Å². The average Bonchev–Trinajstić information content (AvgIpc) is 3.29. The van der Waals surface area contributed by atoms with E-state index in [1.54, 1.807) is 0 Å². The first-order valence-corrected chi connectivity index (χ1v) is 11.7. The van der Waals surface area contributed by atoms with Crippen LogP contribution in [0.15, 0.2) is 42.5 Å². The molecule has 0 aromatic heterocycles. The zero-order valence-electron chi connectivity index (χ0n) is 20.7. The first kappa shape index (κ1) is 27.5. The van der Waals surface area contributed by atoms with Crippen LogP contribution in [0.4, 0.5) is 32.8 Å². The fourth-order valence-electron chi connectivity index (χ4n) is 4.55. The number of carbonyl (C=O) groups excluding carboxylic acids is 5. The Labute approximate surface area is 219 Å². The van der Waals surface area contributed by atoms with Gasteiger partial charge in [-0.05, 0) is 42.3 Å². The molecule has 0 radical (unpaired) electrons. The average molecular weight is 549 g/mol. The number of carbonyl (C=O) groups is 5. The minimum Gasteiger partial charge on any atom is -0.341 e. The summed E-state index contributed by atoms with van der Waals surface area (Å²) in [6.07, 6.45) is -5.30. The van der Waals surface area contributed by atoms with E-state index in [1.165, 1.54) is 37.4 Å². The summed E-state index contributed by atoms with van der Waals surface area (Å²) in [7, 11) is 1.39. The van der Waals surface area contributed by atoms with E-state index in [0.717, 1.165) is 19.1 Å². The second-order valence-corrected chi connectivity index (χ2v) is 9.16. The molecule has 1 aliphatic carbocycles. The second kappa shape index (κ2) is 10.0. The number of amides is 6. The second-order valence-electron chi connectivity index (χ2n) is 9.16. The summed E-state index contributed by atoms with van der Waals surface area (Å²) in [5, 5.41) is 7.26. The molecule has 6 amide bonds. The first-order valence-electron chi connectivity index (χ1n) is 11.7. The molecule has 1 heterocycles. The SMILES string of the molecule is CNC(=O)Nc1ccc2c(c1)C(=O)CC21NC(=O)N(CC(=O)N(Cc2ccc(F)cc2)C(C)C(F)(F)F)C1=O. The number of rotatable bonds is 6. The summed E-state index contributed by atoms with van der Waals surface area (Å²) < 4.78 is 54.1. The van der Waals surface area contributed by atoms with Crippen molar-refractivity contribution < 1.29 is 41.5 Å². The van der Waals surface area contributed by atoms with E-state index < -0.39 is 72.7 Å². The van der Waals surface area contributed by atoms with Crippen molar-refractivity contribution in [3.8, 4) is 0 Å². The van der Waals surface area contributed by atoms with Gasteiger partial charge in [0.2, 0.25) is 5.91 Å². The van der Waals surface area contributed by atoms with Crippen LogP contribution in [0.2, 0.25) is 0 Å². The minimum absolute atomic E-state index is 0.0642. The Balaban J connectivity index is 1.59. The van der Waals surface area contributed by atoms with Crippen molar-refractivity contribution in [2.45, 2.75) is 37.6 Å². The molecule has 10 nitrogen and oxygen atoms in total. The Kier molecular flexibility index (Phi) is 7.06. The molecule has 2 atom stereocenters. The highest BCUT2D eigenvalue weighted by Gasteiger charge is 2.58. The lowest BCUT2D eigenvalue weighted by molar-refractivity contribution is -0.187. The molecule has 2 aliphatic rings. The predicted molar refractivity (Wildman–Crippen MR) is 128 cm³/mol. The van der Waals surface area contributed by atoms with Crippen LogP contribution in [-0.4, -0.2) is 65.3 Å². The van der Waals surface area contributed by atoms with Gasteiger partial charge in [0, 0.05) is 31.3 Å². The monoisotopic (exact) mass is 549 g/mol. The van der Waals surface area contributed by atoms with E-state index in [-0.39, 0.29) is 22.4 Å². The molecular weight excluding hydrogens is 526 g/mol. The highest BCUT2D eigenvalue weighted by Crippen LogP contribution is 2.42. The fourth-order valence-corrected chi connectivity index (χ4v) is 4.55. The maximum atomic E-state index is 13.6. The van der Waals surface area contributed by atoms with Gasteiger partial charge in [-0.25, -0.2) is 14.0 Å². The number of ketones is 1. The van der Waals surface area contributed by atoms with Crippen LogP contribution in [-0.2, 0) is 21.7 Å². The van der Waals surface area contributed by atoms with Crippen molar-refractivity contribution >= 4 is 35.3 Å². The van der Waals surface area contributed by atoms with Crippen molar-refractivity contribution in [3.05, 3.63) is 65.0 Å². The topological polar surface area (TPSA) is 128 Å². The Morgan fingerprint density at radius 2 is 1.79 bits per heavy atom. The molecule has 3 N–H and O–H groups in total. The van der Waals surface area contributed by atoms with Crippen LogP contribution in [0, 0.1) is 5.82 Å². The molecule has 2 unspecified atom stereocenters. The normalized spacial score (nSPS) is 19.1. The maximum Gasteiger partial charge on any atom is 0.408 e. The highest BCUT2D eigenvalue weighted by atomic mass is 19.4. The number of urea groups is 2. The number of hydrogen-bond acceptors (Lipinski definition) is 5. The zero-order chi connectivity index (χ0) is 28.7. The van der Waals surface area contributed by atoms with Crippen LogP contribution in [0.5, 0.6) is 0 Å². The Hall–Kier alpha value is -4.49. The van der Waals surface area contributed by atoms with E-state index in [0.29, 0.717) is 9.80 Å². The molecule has 1 fully saturated rings. The number of halogens is 4. The third-order valence-electron chi connectivity index (χ3n) is 6.69. The third kappa shape index (κ3) is 5.13. The van der Waals surface area contributed by atoms with Gasteiger partial charge in [0.05, 0.1) is 0 Å². The molecule has 4 rings (SSSR count). The van der Waals surface area contributed by atoms with E-state index in [1.807, 2.05) is 0 Å². The minimum atomic E-state index is -4.83. The van der Waals surface area contributed by atoms with Crippen molar-refractivity contribution in [2.24, 2.45) is 0 Å². The van der Waals surface area contributed by atoms with E-state index >= 15 is 0 Å². The van der Waals surface area contributed by atoms with E-state index in [4.69, 9.17) is 0 Å². The maximum absolute atomic E-state index is 13.6. The number of hydrogen-bond donors (Lipinski definition) is 3. The number of imide groups is 1. The molecule has 2 aromatic carbocycles. The van der Waals surface area contributed by atoms with Gasteiger partial charge in [0.15, 0.2) is 11.3 Å². The highest BCUT2D eigenvalue weighted by molar-refractivity contribution is 6.17. The zero-order valence-corrected chi connectivity index (χ0v) is 20.7. The number of fused-ring (bicyclic) bond motifs is 2. The van der Waals surface area contributed by atoms with Gasteiger partial charge in [0.1, 0.15) is 18.4 Å². The van der Waals surface area contributed by atoms with Crippen molar-refractivity contribution in [1.29, 1.82) is 0 Å². The van der Waals surface area contributed by atoms with Crippen molar-refractivity contribution in [1.82, 2.24) is 20.4 Å². The van der Waals surface area contributed by atoms with Crippen LogP contribution in [0.1, 0.15) is 34.8 Å². The number of nitrogens with zero attached hydrogens (tertiary/aromatic N) is 2. The number of alkyl halides is 3. The van der Waals surface area contributed by atoms with E-state index in [2.05, 4.69) is 16.0 Å². The summed E-state index contributed by atoms with van der Waals surface area (Å²) in [6, 6.07) is 4.73. The van der Waals surface area contributed by atoms with Crippen LogP contribution >= 0.6 is 0 Å². The molecule has 14 heteroatoms. The lowest BCUT2D eigenvalue weighted by Crippen LogP contribution is -2.51. The van der Waals surface area contributed by atoms with Gasteiger partial charge in [-0.1, -0.05) is 18.2 Å². The molecule has 1 spiro atoms. The molecular formula is C25H23F4N5O5. The third-order valence-corrected chi connectivity index (χ3v) is 6.69. The van der Waals surface area contributed by atoms with Gasteiger partial charge in [-0.2, -0.15) is 13.2 Å². The summed E-state index contributed by atoms with van der Waals surface area (Å²) in [4.78, 5) is 64.7. The first-order chi connectivity index (χ1) is 18.3. The van der Waals surface area contributed by atoms with Crippen LogP contribution in [0.25, 0.3) is 0 Å².